The van der Waals surface area contributed by atoms with E-state index in [-0.39, 0.29) is 17.9 Å². The van der Waals surface area contributed by atoms with Crippen molar-refractivity contribution in [3.05, 3.63) is 35.9 Å². The monoisotopic (exact) mass is 291 g/mol. The average Bonchev–Trinajstić information content (AvgIpc) is 2.51. The molecule has 2 atom stereocenters. The van der Waals surface area contributed by atoms with Crippen LogP contribution in [0.2, 0.25) is 0 Å². The standard InChI is InChI=1S/C17H29N3O/c1-5-20(6-2)15(14-10-8-7-9-11-14)12-19-17(21)16(18)13(3)4/h7-11,13,15-16H,5-6,12,18H2,1-4H3,(H,19,21). The van der Waals surface area contributed by atoms with Crippen molar-refractivity contribution in [1.29, 1.82) is 0 Å². The van der Waals surface area contributed by atoms with Gasteiger partial charge in [-0.15, -0.1) is 0 Å². The highest BCUT2D eigenvalue weighted by atomic mass is 16.2. The topological polar surface area (TPSA) is 58.4 Å². The molecule has 0 aliphatic carbocycles. The van der Waals surface area contributed by atoms with E-state index in [1.54, 1.807) is 0 Å². The Bertz CT molecular complexity index is 415. The number of carbonyl (C=O) groups is 1. The molecule has 0 spiro atoms. The third kappa shape index (κ3) is 5.14. The summed E-state index contributed by atoms with van der Waals surface area (Å²) in [5.74, 6) is 0.0757. The Kier molecular flexibility index (Phi) is 7.40. The van der Waals surface area contributed by atoms with Gasteiger partial charge in [-0.2, -0.15) is 0 Å². The van der Waals surface area contributed by atoms with E-state index in [0.29, 0.717) is 6.54 Å². The molecule has 0 fully saturated rings. The van der Waals surface area contributed by atoms with E-state index >= 15 is 0 Å². The van der Waals surface area contributed by atoms with Crippen molar-refractivity contribution >= 4 is 5.91 Å². The van der Waals surface area contributed by atoms with Gasteiger partial charge in [-0.1, -0.05) is 58.0 Å². The first-order valence-corrected chi connectivity index (χ1v) is 7.83. The summed E-state index contributed by atoms with van der Waals surface area (Å²) >= 11 is 0. The zero-order valence-corrected chi connectivity index (χ0v) is 13.7. The molecule has 1 amide bonds. The number of carbonyl (C=O) groups excluding carboxylic acids is 1. The molecule has 0 aromatic heterocycles. The molecule has 0 saturated heterocycles. The van der Waals surface area contributed by atoms with Crippen molar-refractivity contribution in [1.82, 2.24) is 10.2 Å². The van der Waals surface area contributed by atoms with E-state index in [2.05, 4.69) is 36.2 Å². The van der Waals surface area contributed by atoms with E-state index in [1.807, 2.05) is 32.0 Å². The molecule has 118 valence electrons. The Morgan fingerprint density at radius 1 is 1.19 bits per heavy atom. The van der Waals surface area contributed by atoms with Crippen LogP contribution in [0.5, 0.6) is 0 Å². The predicted molar refractivity (Wildman–Crippen MR) is 87.9 cm³/mol. The lowest BCUT2D eigenvalue weighted by molar-refractivity contribution is -0.123. The van der Waals surface area contributed by atoms with Crippen LogP contribution in [0.4, 0.5) is 0 Å². The molecule has 0 bridgehead atoms. The Hall–Kier alpha value is -1.39. The molecule has 21 heavy (non-hydrogen) atoms. The van der Waals surface area contributed by atoms with Gasteiger partial charge in [-0.05, 0) is 24.6 Å². The first kappa shape index (κ1) is 17.7. The number of nitrogens with zero attached hydrogens (tertiary/aromatic N) is 1. The van der Waals surface area contributed by atoms with Crippen molar-refractivity contribution in [2.75, 3.05) is 19.6 Å². The van der Waals surface area contributed by atoms with Crippen LogP contribution in [0.15, 0.2) is 30.3 Å². The third-order valence-corrected chi connectivity index (χ3v) is 3.93. The van der Waals surface area contributed by atoms with Gasteiger partial charge in [-0.25, -0.2) is 0 Å². The molecule has 3 N–H and O–H groups in total. The maximum atomic E-state index is 12.1. The SMILES string of the molecule is CCN(CC)C(CNC(=O)C(N)C(C)C)c1ccccc1. The normalized spacial score (nSPS) is 14.2. The summed E-state index contributed by atoms with van der Waals surface area (Å²) in [6.07, 6.45) is 0. The first-order chi connectivity index (χ1) is 10.0. The van der Waals surface area contributed by atoms with Crippen molar-refractivity contribution < 1.29 is 4.79 Å². The van der Waals surface area contributed by atoms with Crippen molar-refractivity contribution in [2.24, 2.45) is 11.7 Å². The quantitative estimate of drug-likeness (QED) is 0.772. The molecule has 0 saturated carbocycles. The van der Waals surface area contributed by atoms with E-state index in [0.717, 1.165) is 13.1 Å². The lowest BCUT2D eigenvalue weighted by Gasteiger charge is -2.30. The summed E-state index contributed by atoms with van der Waals surface area (Å²) in [6, 6.07) is 10.0. The van der Waals surface area contributed by atoms with Gasteiger partial charge in [0, 0.05) is 6.54 Å². The zero-order chi connectivity index (χ0) is 15.8. The Morgan fingerprint density at radius 2 is 1.76 bits per heavy atom. The highest BCUT2D eigenvalue weighted by Crippen LogP contribution is 2.19. The lowest BCUT2D eigenvalue weighted by atomic mass is 10.0. The van der Waals surface area contributed by atoms with Crippen LogP contribution in [0, 0.1) is 5.92 Å². The molecular weight excluding hydrogens is 262 g/mol. The van der Waals surface area contributed by atoms with E-state index in [1.165, 1.54) is 5.56 Å². The molecular formula is C17H29N3O. The third-order valence-electron chi connectivity index (χ3n) is 3.93. The molecule has 0 aliphatic rings. The van der Waals surface area contributed by atoms with Crippen LogP contribution in [0.1, 0.15) is 39.3 Å². The number of nitrogens with one attached hydrogen (secondary N) is 1. The van der Waals surface area contributed by atoms with Gasteiger partial charge < -0.3 is 11.1 Å². The molecule has 4 nitrogen and oxygen atoms in total. The molecule has 0 radical (unpaired) electrons. The van der Waals surface area contributed by atoms with E-state index < -0.39 is 6.04 Å². The summed E-state index contributed by atoms with van der Waals surface area (Å²) in [7, 11) is 0. The number of rotatable bonds is 8. The fourth-order valence-electron chi connectivity index (χ4n) is 2.42. The number of likely N-dealkylation sites (N-methyl/N-ethyl adjacent to an activating group) is 1. The van der Waals surface area contributed by atoms with Gasteiger partial charge in [0.1, 0.15) is 0 Å². The fraction of sp³-hybridized carbons (Fsp3) is 0.588. The zero-order valence-electron chi connectivity index (χ0n) is 13.7. The first-order valence-electron chi connectivity index (χ1n) is 7.83. The van der Waals surface area contributed by atoms with Gasteiger partial charge in [0.15, 0.2) is 0 Å². The summed E-state index contributed by atoms with van der Waals surface area (Å²) in [5.41, 5.74) is 7.12. The highest BCUT2D eigenvalue weighted by molar-refractivity contribution is 5.81. The minimum absolute atomic E-state index is 0.0712. The summed E-state index contributed by atoms with van der Waals surface area (Å²) in [6.45, 7) is 10.7. The second-order valence-electron chi connectivity index (χ2n) is 5.66. The van der Waals surface area contributed by atoms with Crippen molar-refractivity contribution in [3.8, 4) is 0 Å². The van der Waals surface area contributed by atoms with Gasteiger partial charge in [0.05, 0.1) is 12.1 Å². The van der Waals surface area contributed by atoms with Crippen LogP contribution < -0.4 is 11.1 Å². The molecule has 1 aromatic carbocycles. The van der Waals surface area contributed by atoms with Crippen LogP contribution in [0.25, 0.3) is 0 Å². The molecule has 1 aromatic rings. The largest absolute Gasteiger partial charge is 0.353 e. The second kappa shape index (κ2) is 8.80. The minimum Gasteiger partial charge on any atom is -0.353 e. The summed E-state index contributed by atoms with van der Waals surface area (Å²) in [5, 5.41) is 3.01. The predicted octanol–water partition coefficient (Wildman–Crippen LogP) is 2.17. The maximum absolute atomic E-state index is 12.1. The average molecular weight is 291 g/mol. The number of nitrogens with two attached hydrogens (primary N) is 1. The minimum atomic E-state index is -0.446. The van der Waals surface area contributed by atoms with Crippen LogP contribution >= 0.6 is 0 Å². The molecule has 4 heteroatoms. The number of amides is 1. The van der Waals surface area contributed by atoms with Crippen molar-refractivity contribution in [3.63, 3.8) is 0 Å². The highest BCUT2D eigenvalue weighted by Gasteiger charge is 2.21. The Morgan fingerprint density at radius 3 is 2.24 bits per heavy atom. The van der Waals surface area contributed by atoms with Gasteiger partial charge in [0.25, 0.3) is 0 Å². The van der Waals surface area contributed by atoms with E-state index in [9.17, 15) is 4.79 Å². The van der Waals surface area contributed by atoms with Crippen LogP contribution in [-0.4, -0.2) is 36.5 Å². The molecule has 2 unspecified atom stereocenters. The number of hydrogen-bond donors (Lipinski definition) is 2. The Labute approximate surface area is 128 Å². The fourth-order valence-corrected chi connectivity index (χ4v) is 2.42. The number of hydrogen-bond acceptors (Lipinski definition) is 3. The summed E-state index contributed by atoms with van der Waals surface area (Å²) in [4.78, 5) is 14.4. The maximum Gasteiger partial charge on any atom is 0.237 e. The Balaban J connectivity index is 2.77. The lowest BCUT2D eigenvalue weighted by Crippen LogP contribution is -2.47. The number of benzene rings is 1. The molecule has 1 rings (SSSR count). The smallest absolute Gasteiger partial charge is 0.237 e. The van der Waals surface area contributed by atoms with Gasteiger partial charge in [0.2, 0.25) is 5.91 Å². The molecule has 0 aliphatic heterocycles. The van der Waals surface area contributed by atoms with Crippen LogP contribution in [-0.2, 0) is 4.79 Å². The van der Waals surface area contributed by atoms with E-state index in [4.69, 9.17) is 5.73 Å². The van der Waals surface area contributed by atoms with Gasteiger partial charge in [-0.3, -0.25) is 9.69 Å². The summed E-state index contributed by atoms with van der Waals surface area (Å²) < 4.78 is 0. The van der Waals surface area contributed by atoms with Crippen molar-refractivity contribution in [2.45, 2.75) is 39.8 Å². The van der Waals surface area contributed by atoms with Crippen LogP contribution in [0.3, 0.4) is 0 Å². The molecule has 0 heterocycles. The van der Waals surface area contributed by atoms with Gasteiger partial charge >= 0.3 is 0 Å². The second-order valence-corrected chi connectivity index (χ2v) is 5.66.